The second kappa shape index (κ2) is 11.3. The molecule has 0 N–H and O–H groups in total. The first kappa shape index (κ1) is 27.6. The molecule has 48 heavy (non-hydrogen) atoms. The molecule has 6 nitrogen and oxygen atoms in total. The molecule has 5 aromatic carbocycles. The molecule has 0 atom stereocenters. The molecule has 0 unspecified atom stereocenters. The van der Waals surface area contributed by atoms with Gasteiger partial charge in [-0.3, -0.25) is 9.97 Å². The Labute approximate surface area is 276 Å². The molecule has 0 amide bonds. The first-order chi connectivity index (χ1) is 23.7. The Morgan fingerprint density at radius 3 is 1.98 bits per heavy atom. The maximum Gasteiger partial charge on any atom is 0.230 e. The summed E-state index contributed by atoms with van der Waals surface area (Å²) in [6.07, 6.45) is 7.35. The van der Waals surface area contributed by atoms with Crippen LogP contribution in [0, 0.1) is 11.3 Å². The van der Waals surface area contributed by atoms with E-state index in [1.165, 1.54) is 0 Å². The van der Waals surface area contributed by atoms with Crippen molar-refractivity contribution in [1.29, 1.82) is 5.26 Å². The van der Waals surface area contributed by atoms with E-state index in [2.05, 4.69) is 93.4 Å². The number of rotatable bonds is 4. The molecule has 6 heteroatoms. The Morgan fingerprint density at radius 2 is 1.25 bits per heavy atom. The number of benzene rings is 5. The van der Waals surface area contributed by atoms with Gasteiger partial charge in [0.25, 0.3) is 0 Å². The van der Waals surface area contributed by atoms with Gasteiger partial charge in [-0.1, -0.05) is 36.4 Å². The van der Waals surface area contributed by atoms with Gasteiger partial charge >= 0.3 is 0 Å². The van der Waals surface area contributed by atoms with E-state index in [1.54, 1.807) is 12.4 Å². The van der Waals surface area contributed by atoms with Crippen molar-refractivity contribution in [2.75, 3.05) is 6.79 Å². The molecule has 4 heterocycles. The number of pyridine rings is 2. The quantitative estimate of drug-likeness (QED) is 0.196. The summed E-state index contributed by atoms with van der Waals surface area (Å²) in [6.45, 7) is 0.103. The van der Waals surface area contributed by atoms with Gasteiger partial charge in [-0.05, 0) is 107 Å². The Kier molecular flexibility index (Phi) is 6.48. The summed E-state index contributed by atoms with van der Waals surface area (Å²) in [4.78, 5) is 8.72. The van der Waals surface area contributed by atoms with Crippen molar-refractivity contribution >= 4 is 21.8 Å². The zero-order valence-corrected chi connectivity index (χ0v) is 25.7. The highest BCUT2D eigenvalue weighted by Crippen LogP contribution is 2.44. The summed E-state index contributed by atoms with van der Waals surface area (Å²) in [6, 6.07) is 43.7. The van der Waals surface area contributed by atoms with Crippen LogP contribution < -0.4 is 9.47 Å². The summed E-state index contributed by atoms with van der Waals surface area (Å²) in [5, 5.41) is 11.7. The van der Waals surface area contributed by atoms with Crippen LogP contribution in [0.15, 0.2) is 146 Å². The predicted octanol–water partition coefficient (Wildman–Crippen LogP) is 9.84. The third-order valence-electron chi connectivity index (χ3n) is 8.98. The van der Waals surface area contributed by atoms with Gasteiger partial charge in [-0.15, -0.1) is 0 Å². The van der Waals surface area contributed by atoms with Gasteiger partial charge in [0.1, 0.15) is 11.5 Å². The summed E-state index contributed by atoms with van der Waals surface area (Å²) in [5.41, 5.74) is 12.0. The first-order valence-electron chi connectivity index (χ1n) is 15.7. The minimum Gasteiger partial charge on any atom is -0.457 e. The van der Waals surface area contributed by atoms with Crippen molar-refractivity contribution in [2.45, 2.75) is 0 Å². The molecule has 0 saturated carbocycles. The standard InChI is InChI=1S/C42H26N4O2/c43-23-27-9-13-40-37(17-27)35-7-1-2-8-39(35)46(40)34-11-14-41-38(22-34)36-12-10-28(21-42(36)48-26-47-41)31-18-32(29-5-3-15-44-24-29)20-33(19-31)30-6-4-16-45-25-30/h1-22,24-25H,26H2. The van der Waals surface area contributed by atoms with Gasteiger partial charge in [0.2, 0.25) is 6.79 Å². The van der Waals surface area contributed by atoms with Gasteiger partial charge in [0.05, 0.1) is 22.7 Å². The van der Waals surface area contributed by atoms with E-state index in [-0.39, 0.29) is 6.79 Å². The molecule has 1 aliphatic heterocycles. The van der Waals surface area contributed by atoms with Crippen molar-refractivity contribution in [2.24, 2.45) is 0 Å². The largest absolute Gasteiger partial charge is 0.457 e. The smallest absolute Gasteiger partial charge is 0.230 e. The molecule has 0 saturated heterocycles. The molecule has 0 spiro atoms. The fourth-order valence-electron chi connectivity index (χ4n) is 6.71. The third kappa shape index (κ3) is 4.65. The maximum absolute atomic E-state index is 9.58. The Bertz CT molecular complexity index is 2490. The number of para-hydroxylation sites is 1. The molecular weight excluding hydrogens is 592 g/mol. The SMILES string of the molecule is N#Cc1ccc2c(c1)c1ccccc1n2-c1ccc2c(c1)-c1ccc(-c3cc(-c4cccnc4)cc(-c4cccnc4)c3)cc1OCO2. The molecule has 3 aromatic heterocycles. The number of hydrogen-bond acceptors (Lipinski definition) is 5. The van der Waals surface area contributed by atoms with Crippen molar-refractivity contribution in [3.63, 3.8) is 0 Å². The van der Waals surface area contributed by atoms with E-state index in [1.807, 2.05) is 60.9 Å². The lowest BCUT2D eigenvalue weighted by molar-refractivity contribution is 0.125. The number of nitriles is 1. The monoisotopic (exact) mass is 618 g/mol. The molecular formula is C42H26N4O2. The van der Waals surface area contributed by atoms with Gasteiger partial charge in [0, 0.05) is 63.5 Å². The molecule has 0 bridgehead atoms. The number of hydrogen-bond donors (Lipinski definition) is 0. The minimum atomic E-state index is 0.103. The van der Waals surface area contributed by atoms with Crippen LogP contribution >= 0.6 is 0 Å². The lowest BCUT2D eigenvalue weighted by atomic mass is 9.93. The van der Waals surface area contributed by atoms with E-state index in [0.717, 1.165) is 83.5 Å². The van der Waals surface area contributed by atoms with E-state index in [0.29, 0.717) is 5.56 Å². The number of ether oxygens (including phenoxy) is 2. The van der Waals surface area contributed by atoms with Crippen molar-refractivity contribution in [3.05, 3.63) is 152 Å². The predicted molar refractivity (Wildman–Crippen MR) is 189 cm³/mol. The highest BCUT2D eigenvalue weighted by molar-refractivity contribution is 6.09. The number of fused-ring (bicyclic) bond motifs is 6. The van der Waals surface area contributed by atoms with Crippen LogP contribution in [0.4, 0.5) is 0 Å². The summed E-state index contributed by atoms with van der Waals surface area (Å²) in [5.74, 6) is 1.51. The van der Waals surface area contributed by atoms with Crippen LogP contribution in [0.5, 0.6) is 11.5 Å². The Hall–Kier alpha value is -6.71. The van der Waals surface area contributed by atoms with Crippen LogP contribution in [-0.2, 0) is 0 Å². The van der Waals surface area contributed by atoms with E-state index >= 15 is 0 Å². The molecule has 8 aromatic rings. The molecule has 9 rings (SSSR count). The van der Waals surface area contributed by atoms with Crippen LogP contribution in [-0.4, -0.2) is 21.3 Å². The second-order valence-electron chi connectivity index (χ2n) is 11.8. The van der Waals surface area contributed by atoms with Crippen LogP contribution in [0.25, 0.3) is 72.0 Å². The maximum atomic E-state index is 9.58. The normalized spacial score (nSPS) is 12.0. The fourth-order valence-corrected chi connectivity index (χ4v) is 6.71. The van der Waals surface area contributed by atoms with E-state index in [4.69, 9.17) is 9.47 Å². The Morgan fingerprint density at radius 1 is 0.542 bits per heavy atom. The zero-order valence-electron chi connectivity index (χ0n) is 25.7. The first-order valence-corrected chi connectivity index (χ1v) is 15.7. The minimum absolute atomic E-state index is 0.103. The molecule has 0 fully saturated rings. The molecule has 0 radical (unpaired) electrons. The van der Waals surface area contributed by atoms with Crippen molar-refractivity contribution in [1.82, 2.24) is 14.5 Å². The van der Waals surface area contributed by atoms with Crippen LogP contribution in [0.1, 0.15) is 5.56 Å². The summed E-state index contributed by atoms with van der Waals surface area (Å²) >= 11 is 0. The van der Waals surface area contributed by atoms with Crippen molar-refractivity contribution in [3.8, 4) is 67.8 Å². The van der Waals surface area contributed by atoms with E-state index in [9.17, 15) is 5.26 Å². The van der Waals surface area contributed by atoms with Crippen LogP contribution in [0.2, 0.25) is 0 Å². The topological polar surface area (TPSA) is 73.0 Å². The average Bonchev–Trinajstić information content (AvgIpc) is 3.37. The molecule has 226 valence electrons. The van der Waals surface area contributed by atoms with Gasteiger partial charge in [-0.2, -0.15) is 5.26 Å². The number of aromatic nitrogens is 3. The lowest BCUT2D eigenvalue weighted by Gasteiger charge is -2.14. The van der Waals surface area contributed by atoms with Gasteiger partial charge in [-0.25, -0.2) is 0 Å². The zero-order chi connectivity index (χ0) is 32.0. The second-order valence-corrected chi connectivity index (χ2v) is 11.8. The lowest BCUT2D eigenvalue weighted by Crippen LogP contribution is -2.03. The third-order valence-corrected chi connectivity index (χ3v) is 8.98. The Balaban J connectivity index is 1.18. The van der Waals surface area contributed by atoms with Crippen molar-refractivity contribution < 1.29 is 9.47 Å². The summed E-state index contributed by atoms with van der Waals surface area (Å²) < 4.78 is 14.6. The average molecular weight is 619 g/mol. The summed E-state index contributed by atoms with van der Waals surface area (Å²) in [7, 11) is 0. The highest BCUT2D eigenvalue weighted by Gasteiger charge is 2.21. The van der Waals surface area contributed by atoms with Gasteiger partial charge in [0.15, 0.2) is 0 Å². The highest BCUT2D eigenvalue weighted by atomic mass is 16.7. The molecule has 1 aliphatic rings. The van der Waals surface area contributed by atoms with Gasteiger partial charge < -0.3 is 14.0 Å². The number of nitrogens with zero attached hydrogens (tertiary/aromatic N) is 4. The fraction of sp³-hybridized carbons (Fsp3) is 0.0238. The van der Waals surface area contributed by atoms with Crippen LogP contribution in [0.3, 0.4) is 0 Å². The molecule has 0 aliphatic carbocycles. The van der Waals surface area contributed by atoms with E-state index < -0.39 is 0 Å².